The number of nitrogens with one attached hydrogen (secondary N) is 1. The molecule has 2 rings (SSSR count). The van der Waals surface area contributed by atoms with Crippen molar-refractivity contribution in [1.29, 1.82) is 0 Å². The van der Waals surface area contributed by atoms with Crippen LogP contribution < -0.4 is 5.32 Å². The van der Waals surface area contributed by atoms with E-state index >= 15 is 0 Å². The molecular weight excluding hydrogens is 269 g/mol. The molecule has 0 aliphatic rings. The summed E-state index contributed by atoms with van der Waals surface area (Å²) in [6, 6.07) is 13.0. The van der Waals surface area contributed by atoms with E-state index in [1.54, 1.807) is 13.0 Å². The number of rotatable bonds is 5. The molecule has 2 N–H and O–H groups in total. The van der Waals surface area contributed by atoms with E-state index < -0.39 is 12.0 Å². The lowest BCUT2D eigenvalue weighted by molar-refractivity contribution is -0.139. The van der Waals surface area contributed by atoms with Crippen LogP contribution in [0.1, 0.15) is 35.7 Å². The van der Waals surface area contributed by atoms with Crippen molar-refractivity contribution in [1.82, 2.24) is 5.32 Å². The fraction of sp³-hybridized carbons (Fsp3) is 0.235. The molecule has 21 heavy (non-hydrogen) atoms. The monoisotopic (exact) mass is 287 g/mol. The first-order chi connectivity index (χ1) is 9.99. The van der Waals surface area contributed by atoms with Gasteiger partial charge >= 0.3 is 5.97 Å². The van der Waals surface area contributed by atoms with Crippen LogP contribution in [0.3, 0.4) is 0 Å². The van der Waals surface area contributed by atoms with Crippen LogP contribution in [-0.4, -0.2) is 11.1 Å². The summed E-state index contributed by atoms with van der Waals surface area (Å²) in [4.78, 5) is 11.5. The van der Waals surface area contributed by atoms with Gasteiger partial charge in [-0.3, -0.25) is 10.1 Å². The average molecular weight is 287 g/mol. The molecule has 0 aliphatic carbocycles. The molecule has 0 amide bonds. The molecule has 3 nitrogen and oxygen atoms in total. The normalized spacial score (nSPS) is 13.7. The van der Waals surface area contributed by atoms with Gasteiger partial charge in [-0.2, -0.15) is 0 Å². The van der Waals surface area contributed by atoms with Gasteiger partial charge in [0, 0.05) is 6.04 Å². The SMILES string of the molecule is Cc1cc(C(NC(C)c2ccccc2)C(=O)O)ccc1F. The standard InChI is InChI=1S/C17H18FNO2/c1-11-10-14(8-9-15(11)18)16(17(20)21)19-12(2)13-6-4-3-5-7-13/h3-10,12,16,19H,1-2H3,(H,20,21). The van der Waals surface area contributed by atoms with E-state index in [1.807, 2.05) is 37.3 Å². The van der Waals surface area contributed by atoms with Crippen LogP contribution in [0.2, 0.25) is 0 Å². The number of carboxylic acid groups (broad SMARTS) is 1. The van der Waals surface area contributed by atoms with Gasteiger partial charge in [0.15, 0.2) is 0 Å². The Bertz CT molecular complexity index is 628. The Morgan fingerprint density at radius 2 is 1.81 bits per heavy atom. The predicted molar refractivity (Wildman–Crippen MR) is 79.5 cm³/mol. The van der Waals surface area contributed by atoms with E-state index in [2.05, 4.69) is 5.32 Å². The summed E-state index contributed by atoms with van der Waals surface area (Å²) in [7, 11) is 0. The zero-order valence-corrected chi connectivity index (χ0v) is 12.0. The maximum atomic E-state index is 13.3. The molecule has 4 heteroatoms. The average Bonchev–Trinajstić information content (AvgIpc) is 2.48. The largest absolute Gasteiger partial charge is 0.480 e. The highest BCUT2D eigenvalue weighted by Crippen LogP contribution is 2.21. The molecular formula is C17H18FNO2. The summed E-state index contributed by atoms with van der Waals surface area (Å²) >= 11 is 0. The third-order valence-corrected chi connectivity index (χ3v) is 3.48. The van der Waals surface area contributed by atoms with Crippen LogP contribution in [0.5, 0.6) is 0 Å². The van der Waals surface area contributed by atoms with Gasteiger partial charge < -0.3 is 5.11 Å². The topological polar surface area (TPSA) is 49.3 Å². The molecule has 0 spiro atoms. The molecule has 110 valence electrons. The van der Waals surface area contributed by atoms with Crippen LogP contribution in [0, 0.1) is 12.7 Å². The Morgan fingerprint density at radius 3 is 2.38 bits per heavy atom. The molecule has 2 aromatic rings. The van der Waals surface area contributed by atoms with Gasteiger partial charge in [0.25, 0.3) is 0 Å². The molecule has 0 saturated heterocycles. The summed E-state index contributed by atoms with van der Waals surface area (Å²) in [6.45, 7) is 3.53. The molecule has 0 aliphatic heterocycles. The van der Waals surface area contributed by atoms with Crippen molar-refractivity contribution in [2.75, 3.05) is 0 Å². The van der Waals surface area contributed by atoms with Crippen LogP contribution in [0.15, 0.2) is 48.5 Å². The Morgan fingerprint density at radius 1 is 1.14 bits per heavy atom. The first kappa shape index (κ1) is 15.2. The number of carbonyl (C=O) groups is 1. The molecule has 2 aromatic carbocycles. The fourth-order valence-corrected chi connectivity index (χ4v) is 2.25. The number of aliphatic carboxylic acids is 1. The number of aryl methyl sites for hydroxylation is 1. The van der Waals surface area contributed by atoms with Crippen molar-refractivity contribution in [3.8, 4) is 0 Å². The van der Waals surface area contributed by atoms with Crippen molar-refractivity contribution >= 4 is 5.97 Å². The minimum Gasteiger partial charge on any atom is -0.480 e. The van der Waals surface area contributed by atoms with Gasteiger partial charge in [-0.05, 0) is 36.6 Å². The number of hydrogen-bond donors (Lipinski definition) is 2. The van der Waals surface area contributed by atoms with E-state index in [9.17, 15) is 14.3 Å². The van der Waals surface area contributed by atoms with Gasteiger partial charge in [0.2, 0.25) is 0 Å². The second kappa shape index (κ2) is 6.50. The maximum Gasteiger partial charge on any atom is 0.325 e. The lowest BCUT2D eigenvalue weighted by atomic mass is 10.0. The summed E-state index contributed by atoms with van der Waals surface area (Å²) in [5.41, 5.74) is 1.99. The van der Waals surface area contributed by atoms with Crippen molar-refractivity contribution in [2.24, 2.45) is 0 Å². The Kier molecular flexibility index (Phi) is 4.70. The highest BCUT2D eigenvalue weighted by molar-refractivity contribution is 5.75. The third kappa shape index (κ3) is 3.67. The van der Waals surface area contributed by atoms with E-state index in [0.29, 0.717) is 11.1 Å². The Labute approximate surface area is 123 Å². The number of halogens is 1. The minimum absolute atomic E-state index is 0.127. The number of carboxylic acids is 1. The minimum atomic E-state index is -0.983. The first-order valence-corrected chi connectivity index (χ1v) is 6.79. The molecule has 0 fully saturated rings. The second-order valence-electron chi connectivity index (χ2n) is 5.08. The smallest absolute Gasteiger partial charge is 0.325 e. The van der Waals surface area contributed by atoms with E-state index in [4.69, 9.17) is 0 Å². The van der Waals surface area contributed by atoms with E-state index in [-0.39, 0.29) is 11.9 Å². The van der Waals surface area contributed by atoms with Crippen molar-refractivity contribution in [2.45, 2.75) is 25.9 Å². The summed E-state index contributed by atoms with van der Waals surface area (Å²) in [5, 5.41) is 12.5. The van der Waals surface area contributed by atoms with Gasteiger partial charge in [0.05, 0.1) is 0 Å². The van der Waals surface area contributed by atoms with Crippen LogP contribution in [0.4, 0.5) is 4.39 Å². The molecule has 0 bridgehead atoms. The molecule has 0 saturated carbocycles. The Balaban J connectivity index is 2.23. The zero-order valence-electron chi connectivity index (χ0n) is 12.0. The van der Waals surface area contributed by atoms with Crippen molar-refractivity contribution in [3.63, 3.8) is 0 Å². The van der Waals surface area contributed by atoms with Gasteiger partial charge in [-0.25, -0.2) is 4.39 Å². The van der Waals surface area contributed by atoms with E-state index in [1.165, 1.54) is 12.1 Å². The second-order valence-corrected chi connectivity index (χ2v) is 5.08. The Hall–Kier alpha value is -2.20. The fourth-order valence-electron chi connectivity index (χ4n) is 2.25. The molecule has 2 unspecified atom stereocenters. The van der Waals surface area contributed by atoms with Crippen molar-refractivity contribution in [3.05, 3.63) is 71.0 Å². The van der Waals surface area contributed by atoms with Crippen LogP contribution >= 0.6 is 0 Å². The lowest BCUT2D eigenvalue weighted by Crippen LogP contribution is -2.30. The van der Waals surface area contributed by atoms with Crippen LogP contribution in [0.25, 0.3) is 0 Å². The molecule has 2 atom stereocenters. The quantitative estimate of drug-likeness (QED) is 0.883. The predicted octanol–water partition coefficient (Wildman–Crippen LogP) is 3.61. The zero-order chi connectivity index (χ0) is 15.4. The summed E-state index contributed by atoms with van der Waals surface area (Å²) in [5.74, 6) is -1.32. The summed E-state index contributed by atoms with van der Waals surface area (Å²) < 4.78 is 13.3. The highest BCUT2D eigenvalue weighted by atomic mass is 19.1. The third-order valence-electron chi connectivity index (χ3n) is 3.48. The number of hydrogen-bond acceptors (Lipinski definition) is 2. The maximum absolute atomic E-state index is 13.3. The lowest BCUT2D eigenvalue weighted by Gasteiger charge is -2.21. The van der Waals surface area contributed by atoms with Gasteiger partial charge in [-0.1, -0.05) is 42.5 Å². The first-order valence-electron chi connectivity index (χ1n) is 6.79. The summed E-state index contributed by atoms with van der Waals surface area (Å²) in [6.07, 6.45) is 0. The number of benzene rings is 2. The molecule has 0 heterocycles. The van der Waals surface area contributed by atoms with E-state index in [0.717, 1.165) is 5.56 Å². The van der Waals surface area contributed by atoms with Gasteiger partial charge in [0.1, 0.15) is 11.9 Å². The molecule has 0 radical (unpaired) electrons. The van der Waals surface area contributed by atoms with Crippen molar-refractivity contribution < 1.29 is 14.3 Å². The molecule has 0 aromatic heterocycles. The van der Waals surface area contributed by atoms with Crippen LogP contribution in [-0.2, 0) is 4.79 Å². The van der Waals surface area contributed by atoms with Gasteiger partial charge in [-0.15, -0.1) is 0 Å². The highest BCUT2D eigenvalue weighted by Gasteiger charge is 2.22.